The molecule has 0 aromatic heterocycles. The first-order valence-electron chi connectivity index (χ1n) is 17.2. The molecule has 0 unspecified atom stereocenters. The Morgan fingerprint density at radius 3 is 1.90 bits per heavy atom. The number of hydrogen-bond donors (Lipinski definition) is 3. The van der Waals surface area contributed by atoms with Crippen LogP contribution in [-0.2, 0) is 19.1 Å². The predicted molar refractivity (Wildman–Crippen MR) is 189 cm³/mol. The van der Waals surface area contributed by atoms with E-state index in [4.69, 9.17) is 9.47 Å². The number of benzene rings is 3. The Balaban J connectivity index is 0.000000222. The molecular weight excluding hydrogens is 628 g/mol. The van der Waals surface area contributed by atoms with Crippen LogP contribution in [-0.4, -0.2) is 48.4 Å². The van der Waals surface area contributed by atoms with Crippen molar-refractivity contribution in [2.75, 3.05) is 13.2 Å². The average Bonchev–Trinajstić information content (AvgIpc) is 3.42. The van der Waals surface area contributed by atoms with Crippen molar-refractivity contribution in [1.82, 2.24) is 10.6 Å². The van der Waals surface area contributed by atoms with Crippen molar-refractivity contribution in [1.29, 1.82) is 0 Å². The highest BCUT2D eigenvalue weighted by Gasteiger charge is 2.34. The SMILES string of the molecule is CCOC(=O)[C@@H]1CCCC[C@H]1N[C@H](C)c1ccccc1.Cl.O=C(N[C@@H]1CCCC[C@H]1C(=O)O)OCC1c2ccccc2-c2ccccc21. The second kappa shape index (κ2) is 18.0. The molecule has 0 heterocycles. The summed E-state index contributed by atoms with van der Waals surface area (Å²) in [6.07, 6.45) is 6.88. The molecule has 1 amide bonds. The maximum Gasteiger partial charge on any atom is 0.407 e. The minimum absolute atomic E-state index is 0. The quantitative estimate of drug-likeness (QED) is 0.197. The van der Waals surface area contributed by atoms with E-state index in [0.29, 0.717) is 19.4 Å². The number of esters is 1. The summed E-state index contributed by atoms with van der Waals surface area (Å²) in [5.74, 6) is -1.40. The van der Waals surface area contributed by atoms with Gasteiger partial charge in [0.15, 0.2) is 0 Å². The molecule has 0 spiro atoms. The van der Waals surface area contributed by atoms with Gasteiger partial charge in [-0.15, -0.1) is 12.4 Å². The maximum atomic E-state index is 12.3. The zero-order chi connectivity index (χ0) is 33.2. The monoisotopic (exact) mass is 676 g/mol. The molecule has 258 valence electrons. The second-order valence-electron chi connectivity index (χ2n) is 12.9. The fraction of sp³-hybridized carbons (Fsp3) is 0.462. The van der Waals surface area contributed by atoms with Crippen molar-refractivity contribution in [3.05, 3.63) is 95.6 Å². The van der Waals surface area contributed by atoms with Gasteiger partial charge in [0.2, 0.25) is 0 Å². The number of nitrogens with one attached hydrogen (secondary N) is 2. The third-order valence-electron chi connectivity index (χ3n) is 9.85. The van der Waals surface area contributed by atoms with Crippen LogP contribution in [0, 0.1) is 11.8 Å². The van der Waals surface area contributed by atoms with Gasteiger partial charge in [-0.1, -0.05) is 105 Å². The van der Waals surface area contributed by atoms with Crippen molar-refractivity contribution >= 4 is 30.4 Å². The Labute approximate surface area is 290 Å². The summed E-state index contributed by atoms with van der Waals surface area (Å²) in [6, 6.07) is 26.9. The highest BCUT2D eigenvalue weighted by molar-refractivity contribution is 5.85. The first-order valence-corrected chi connectivity index (χ1v) is 17.2. The van der Waals surface area contributed by atoms with Gasteiger partial charge < -0.3 is 25.2 Å². The van der Waals surface area contributed by atoms with E-state index < -0.39 is 18.0 Å². The van der Waals surface area contributed by atoms with E-state index in [1.165, 1.54) is 23.1 Å². The molecule has 0 saturated heterocycles. The van der Waals surface area contributed by atoms with Crippen molar-refractivity contribution in [3.8, 4) is 11.1 Å². The molecule has 48 heavy (non-hydrogen) atoms. The minimum atomic E-state index is -0.848. The van der Waals surface area contributed by atoms with Crippen LogP contribution in [0.4, 0.5) is 4.79 Å². The standard InChI is InChI=1S/C22H23NO4.C17H25NO2.ClH/c24-21(25)18-11-5-6-12-20(18)23-22(26)27-13-19-16-9-3-1-7-14(16)15-8-2-4-10-17(15)19;1-3-20-17(19)15-11-7-8-12-16(15)18-13(2)14-9-5-4-6-10-14;/h1-4,7-10,18-20H,5-6,11-13H2,(H,23,26)(H,24,25);4-6,9-10,13,15-16,18H,3,7-8,11-12H2,1-2H3;1H/t18-,20-;13-,15-,16-;/m11./s1. The number of rotatable bonds is 9. The Kier molecular flexibility index (Phi) is 13.9. The van der Waals surface area contributed by atoms with Crippen LogP contribution in [0.2, 0.25) is 0 Å². The average molecular weight is 677 g/mol. The molecule has 3 aromatic carbocycles. The van der Waals surface area contributed by atoms with E-state index in [0.717, 1.165) is 43.2 Å². The zero-order valence-corrected chi connectivity index (χ0v) is 28.8. The Morgan fingerprint density at radius 2 is 1.29 bits per heavy atom. The van der Waals surface area contributed by atoms with Gasteiger partial charge in [0, 0.05) is 24.0 Å². The number of halogens is 1. The predicted octanol–water partition coefficient (Wildman–Crippen LogP) is 8.05. The summed E-state index contributed by atoms with van der Waals surface area (Å²) in [6.45, 7) is 4.74. The molecule has 3 aliphatic carbocycles. The number of carbonyl (C=O) groups excluding carboxylic acids is 2. The van der Waals surface area contributed by atoms with Crippen LogP contribution < -0.4 is 10.6 Å². The van der Waals surface area contributed by atoms with Crippen LogP contribution >= 0.6 is 12.4 Å². The second-order valence-corrected chi connectivity index (χ2v) is 12.9. The summed E-state index contributed by atoms with van der Waals surface area (Å²) >= 11 is 0. The molecule has 3 N–H and O–H groups in total. The van der Waals surface area contributed by atoms with E-state index in [-0.39, 0.29) is 54.9 Å². The molecule has 2 saturated carbocycles. The van der Waals surface area contributed by atoms with Crippen LogP contribution in [0.5, 0.6) is 0 Å². The molecule has 9 heteroatoms. The number of carboxylic acids is 1. The molecule has 0 aliphatic heterocycles. The number of carboxylic acid groups (broad SMARTS) is 1. The molecule has 3 aromatic rings. The Hall–Kier alpha value is -3.88. The van der Waals surface area contributed by atoms with Gasteiger partial charge in [-0.25, -0.2) is 4.79 Å². The van der Waals surface area contributed by atoms with E-state index >= 15 is 0 Å². The van der Waals surface area contributed by atoms with Gasteiger partial charge in [0.25, 0.3) is 0 Å². The maximum absolute atomic E-state index is 12.3. The number of hydrogen-bond acceptors (Lipinski definition) is 6. The number of carbonyl (C=O) groups is 3. The lowest BCUT2D eigenvalue weighted by atomic mass is 9.84. The summed E-state index contributed by atoms with van der Waals surface area (Å²) in [7, 11) is 0. The van der Waals surface area contributed by atoms with Gasteiger partial charge in [-0.05, 0) is 67.3 Å². The zero-order valence-electron chi connectivity index (χ0n) is 27.9. The first kappa shape index (κ1) is 36.9. The number of fused-ring (bicyclic) bond motifs is 3. The molecule has 5 atom stereocenters. The van der Waals surface area contributed by atoms with Gasteiger partial charge >= 0.3 is 18.0 Å². The normalized spacial score (nSPS) is 22.0. The van der Waals surface area contributed by atoms with Gasteiger partial charge in [-0.2, -0.15) is 0 Å². The first-order chi connectivity index (χ1) is 22.9. The van der Waals surface area contributed by atoms with Crippen molar-refractivity contribution in [3.63, 3.8) is 0 Å². The van der Waals surface area contributed by atoms with Crippen LogP contribution in [0.3, 0.4) is 0 Å². The van der Waals surface area contributed by atoms with E-state index in [9.17, 15) is 19.5 Å². The van der Waals surface area contributed by atoms with Crippen LogP contribution in [0.1, 0.15) is 93.9 Å². The highest BCUT2D eigenvalue weighted by atomic mass is 35.5. The van der Waals surface area contributed by atoms with E-state index in [1.54, 1.807) is 0 Å². The van der Waals surface area contributed by atoms with Gasteiger partial charge in [0.1, 0.15) is 6.61 Å². The highest BCUT2D eigenvalue weighted by Crippen LogP contribution is 2.44. The molecular formula is C39H49ClN2O6. The van der Waals surface area contributed by atoms with Crippen LogP contribution in [0.25, 0.3) is 11.1 Å². The van der Waals surface area contributed by atoms with Gasteiger partial charge in [0.05, 0.1) is 18.4 Å². The van der Waals surface area contributed by atoms with Crippen LogP contribution in [0.15, 0.2) is 78.9 Å². The summed E-state index contributed by atoms with van der Waals surface area (Å²) < 4.78 is 10.7. The molecule has 3 aliphatic rings. The van der Waals surface area contributed by atoms with Gasteiger partial charge in [-0.3, -0.25) is 9.59 Å². The summed E-state index contributed by atoms with van der Waals surface area (Å²) in [4.78, 5) is 35.8. The number of aliphatic carboxylic acids is 1. The van der Waals surface area contributed by atoms with E-state index in [2.05, 4.69) is 66.1 Å². The third kappa shape index (κ3) is 9.17. The lowest BCUT2D eigenvalue weighted by Gasteiger charge is -2.33. The largest absolute Gasteiger partial charge is 0.481 e. The third-order valence-corrected chi connectivity index (χ3v) is 9.85. The minimum Gasteiger partial charge on any atom is -0.481 e. The number of amides is 1. The van der Waals surface area contributed by atoms with Crippen molar-refractivity contribution in [2.45, 2.75) is 89.3 Å². The summed E-state index contributed by atoms with van der Waals surface area (Å²) in [5, 5.41) is 15.8. The molecule has 0 radical (unpaired) electrons. The fourth-order valence-corrected chi connectivity index (χ4v) is 7.41. The molecule has 0 bridgehead atoms. The van der Waals surface area contributed by atoms with Crippen molar-refractivity contribution in [2.24, 2.45) is 11.8 Å². The Morgan fingerprint density at radius 1 is 0.750 bits per heavy atom. The number of alkyl carbamates (subject to hydrolysis) is 1. The smallest absolute Gasteiger partial charge is 0.407 e. The fourth-order valence-electron chi connectivity index (χ4n) is 7.41. The lowest BCUT2D eigenvalue weighted by Crippen LogP contribution is -2.45. The van der Waals surface area contributed by atoms with Crippen molar-refractivity contribution < 1.29 is 29.0 Å². The topological polar surface area (TPSA) is 114 Å². The lowest BCUT2D eigenvalue weighted by molar-refractivity contribution is -0.150. The molecule has 8 nitrogen and oxygen atoms in total. The molecule has 6 rings (SSSR count). The Bertz CT molecular complexity index is 1460. The number of ether oxygens (including phenoxy) is 2. The molecule has 2 fully saturated rings. The summed E-state index contributed by atoms with van der Waals surface area (Å²) in [5.41, 5.74) is 5.95. The van der Waals surface area contributed by atoms with E-state index in [1.807, 2.05) is 37.3 Å².